The van der Waals surface area contributed by atoms with Gasteiger partial charge < -0.3 is 15.3 Å². The van der Waals surface area contributed by atoms with Gasteiger partial charge in [0.15, 0.2) is 0 Å². The van der Waals surface area contributed by atoms with Gasteiger partial charge in [-0.3, -0.25) is 4.79 Å². The Labute approximate surface area is 112 Å². The number of carbonyl (C=O) groups is 2. The van der Waals surface area contributed by atoms with Crippen molar-refractivity contribution in [2.75, 3.05) is 18.4 Å². The third-order valence-electron chi connectivity index (χ3n) is 3.18. The zero-order valence-corrected chi connectivity index (χ0v) is 10.8. The van der Waals surface area contributed by atoms with E-state index in [-0.39, 0.29) is 12.5 Å². The van der Waals surface area contributed by atoms with Gasteiger partial charge in [-0.05, 0) is 37.0 Å². The minimum atomic E-state index is -0.875. The predicted molar refractivity (Wildman–Crippen MR) is 72.2 cm³/mol. The quantitative estimate of drug-likeness (QED) is 0.878. The Morgan fingerprint density at radius 2 is 1.95 bits per heavy atom. The van der Waals surface area contributed by atoms with Crippen molar-refractivity contribution in [3.63, 3.8) is 0 Å². The van der Waals surface area contributed by atoms with Crippen molar-refractivity contribution in [1.82, 2.24) is 4.90 Å². The molecule has 2 rings (SSSR count). The number of carboxylic acids is 1. The molecule has 1 heterocycles. The fourth-order valence-corrected chi connectivity index (χ4v) is 2.23. The van der Waals surface area contributed by atoms with Gasteiger partial charge in [-0.25, -0.2) is 4.79 Å². The molecule has 0 spiro atoms. The molecule has 1 fully saturated rings. The lowest BCUT2D eigenvalue weighted by Crippen LogP contribution is -2.38. The third-order valence-corrected chi connectivity index (χ3v) is 3.18. The van der Waals surface area contributed by atoms with E-state index in [1.165, 1.54) is 6.42 Å². The Bertz CT molecular complexity index is 468. The van der Waals surface area contributed by atoms with Gasteiger partial charge in [-0.2, -0.15) is 0 Å². The topological polar surface area (TPSA) is 69.6 Å². The Kier molecular flexibility index (Phi) is 4.39. The average molecular weight is 262 g/mol. The number of hydrogen-bond donors (Lipinski definition) is 2. The molecule has 1 aromatic carbocycles. The van der Waals surface area contributed by atoms with Gasteiger partial charge in [0.25, 0.3) is 0 Å². The van der Waals surface area contributed by atoms with Gasteiger partial charge in [-0.15, -0.1) is 0 Å². The molecule has 0 bridgehead atoms. The normalized spacial score (nSPS) is 15.1. The number of benzene rings is 1. The summed E-state index contributed by atoms with van der Waals surface area (Å²) in [4.78, 5) is 24.5. The highest BCUT2D eigenvalue weighted by Crippen LogP contribution is 2.14. The molecule has 5 heteroatoms. The molecule has 0 saturated carbocycles. The Morgan fingerprint density at radius 3 is 2.63 bits per heavy atom. The molecule has 1 aliphatic rings. The highest BCUT2D eigenvalue weighted by Gasteiger charge is 2.16. The second kappa shape index (κ2) is 6.22. The molecule has 0 radical (unpaired) electrons. The first-order valence-corrected chi connectivity index (χ1v) is 6.52. The van der Waals surface area contributed by atoms with Crippen molar-refractivity contribution >= 4 is 17.7 Å². The number of carbonyl (C=O) groups excluding carboxylic acids is 1. The van der Waals surface area contributed by atoms with Crippen LogP contribution in [0.25, 0.3) is 0 Å². The van der Waals surface area contributed by atoms with Gasteiger partial charge in [0.05, 0.1) is 6.42 Å². The number of urea groups is 1. The van der Waals surface area contributed by atoms with Crippen LogP contribution in [-0.2, 0) is 11.2 Å². The Balaban J connectivity index is 1.97. The number of anilines is 1. The lowest BCUT2D eigenvalue weighted by atomic mass is 10.1. The maximum atomic E-state index is 12.0. The van der Waals surface area contributed by atoms with Crippen LogP contribution in [-0.4, -0.2) is 35.1 Å². The number of amides is 2. The van der Waals surface area contributed by atoms with Crippen molar-refractivity contribution in [2.45, 2.75) is 25.7 Å². The Hall–Kier alpha value is -2.04. The largest absolute Gasteiger partial charge is 0.481 e. The van der Waals surface area contributed by atoms with E-state index in [0.717, 1.165) is 25.9 Å². The van der Waals surface area contributed by atoms with Crippen molar-refractivity contribution < 1.29 is 14.7 Å². The monoisotopic (exact) mass is 262 g/mol. The molecule has 0 atom stereocenters. The molecule has 0 aromatic heterocycles. The van der Waals surface area contributed by atoms with Crippen LogP contribution in [0.5, 0.6) is 0 Å². The molecule has 0 aliphatic carbocycles. The molecule has 0 unspecified atom stereocenters. The highest BCUT2D eigenvalue weighted by atomic mass is 16.4. The van der Waals surface area contributed by atoms with Gasteiger partial charge in [0.1, 0.15) is 0 Å². The number of carboxylic acid groups (broad SMARTS) is 1. The van der Waals surface area contributed by atoms with Gasteiger partial charge in [-0.1, -0.05) is 12.1 Å². The summed E-state index contributed by atoms with van der Waals surface area (Å²) in [6, 6.07) is 6.87. The first-order chi connectivity index (χ1) is 9.15. The van der Waals surface area contributed by atoms with Crippen LogP contribution in [0.4, 0.5) is 10.5 Å². The van der Waals surface area contributed by atoms with E-state index in [1.807, 2.05) is 0 Å². The van der Waals surface area contributed by atoms with Crippen LogP contribution in [0.3, 0.4) is 0 Å². The minimum Gasteiger partial charge on any atom is -0.481 e. The number of nitrogens with zero attached hydrogens (tertiary/aromatic N) is 1. The van der Waals surface area contributed by atoms with Gasteiger partial charge in [0.2, 0.25) is 0 Å². The number of piperidine rings is 1. The lowest BCUT2D eigenvalue weighted by molar-refractivity contribution is -0.136. The summed E-state index contributed by atoms with van der Waals surface area (Å²) in [5, 5.41) is 11.6. The molecule has 1 aliphatic heterocycles. The summed E-state index contributed by atoms with van der Waals surface area (Å²) in [6.45, 7) is 1.58. The average Bonchev–Trinajstić information content (AvgIpc) is 2.39. The zero-order chi connectivity index (χ0) is 13.7. The van der Waals surface area contributed by atoms with Crippen LogP contribution >= 0.6 is 0 Å². The molecule has 1 saturated heterocycles. The van der Waals surface area contributed by atoms with Crippen molar-refractivity contribution in [3.05, 3.63) is 29.8 Å². The number of likely N-dealkylation sites (tertiary alicyclic amines) is 1. The summed E-state index contributed by atoms with van der Waals surface area (Å²) in [5.74, 6) is -0.875. The van der Waals surface area contributed by atoms with E-state index < -0.39 is 5.97 Å². The summed E-state index contributed by atoms with van der Waals surface area (Å²) < 4.78 is 0. The summed E-state index contributed by atoms with van der Waals surface area (Å²) in [7, 11) is 0. The lowest BCUT2D eigenvalue weighted by Gasteiger charge is -2.26. The zero-order valence-electron chi connectivity index (χ0n) is 10.8. The molecular weight excluding hydrogens is 244 g/mol. The fourth-order valence-electron chi connectivity index (χ4n) is 2.23. The molecule has 2 N–H and O–H groups in total. The van der Waals surface area contributed by atoms with E-state index in [9.17, 15) is 9.59 Å². The van der Waals surface area contributed by atoms with E-state index in [2.05, 4.69) is 5.32 Å². The second-order valence-corrected chi connectivity index (χ2v) is 4.75. The molecule has 5 nitrogen and oxygen atoms in total. The Morgan fingerprint density at radius 1 is 1.21 bits per heavy atom. The van der Waals surface area contributed by atoms with Crippen LogP contribution in [0, 0.1) is 0 Å². The van der Waals surface area contributed by atoms with Crippen molar-refractivity contribution in [2.24, 2.45) is 0 Å². The van der Waals surface area contributed by atoms with Crippen LogP contribution in [0.1, 0.15) is 24.8 Å². The smallest absolute Gasteiger partial charge is 0.321 e. The third kappa shape index (κ3) is 3.98. The van der Waals surface area contributed by atoms with Crippen LogP contribution in [0.2, 0.25) is 0 Å². The molecule has 19 heavy (non-hydrogen) atoms. The SMILES string of the molecule is O=C(O)Cc1cccc(NC(=O)N2CCCCC2)c1. The van der Waals surface area contributed by atoms with E-state index in [4.69, 9.17) is 5.11 Å². The highest BCUT2D eigenvalue weighted by molar-refractivity contribution is 5.89. The van der Waals surface area contributed by atoms with E-state index >= 15 is 0 Å². The first-order valence-electron chi connectivity index (χ1n) is 6.52. The maximum absolute atomic E-state index is 12.0. The number of aliphatic carboxylic acids is 1. The van der Waals surface area contributed by atoms with Crippen molar-refractivity contribution in [1.29, 1.82) is 0 Å². The second-order valence-electron chi connectivity index (χ2n) is 4.75. The summed E-state index contributed by atoms with van der Waals surface area (Å²) >= 11 is 0. The van der Waals surface area contributed by atoms with Crippen molar-refractivity contribution in [3.8, 4) is 0 Å². The molecule has 2 amide bonds. The first kappa shape index (κ1) is 13.4. The predicted octanol–water partition coefficient (Wildman–Crippen LogP) is 2.33. The van der Waals surface area contributed by atoms with Gasteiger partial charge in [0, 0.05) is 18.8 Å². The van der Waals surface area contributed by atoms with Crippen LogP contribution in [0.15, 0.2) is 24.3 Å². The fraction of sp³-hybridized carbons (Fsp3) is 0.429. The van der Waals surface area contributed by atoms with Gasteiger partial charge >= 0.3 is 12.0 Å². The molecular formula is C14H18N2O3. The number of hydrogen-bond acceptors (Lipinski definition) is 2. The van der Waals surface area contributed by atoms with Crippen LogP contribution < -0.4 is 5.32 Å². The van der Waals surface area contributed by atoms with E-state index in [0.29, 0.717) is 11.3 Å². The number of rotatable bonds is 3. The maximum Gasteiger partial charge on any atom is 0.321 e. The summed E-state index contributed by atoms with van der Waals surface area (Å²) in [5.41, 5.74) is 1.33. The summed E-state index contributed by atoms with van der Waals surface area (Å²) in [6.07, 6.45) is 3.24. The standard InChI is InChI=1S/C14H18N2O3/c17-13(18)10-11-5-4-6-12(9-11)15-14(19)16-7-2-1-3-8-16/h4-6,9H,1-3,7-8,10H2,(H,15,19)(H,17,18). The molecule has 102 valence electrons. The molecule has 1 aromatic rings. The number of nitrogens with one attached hydrogen (secondary N) is 1. The minimum absolute atomic E-state index is 0.0343. The van der Waals surface area contributed by atoms with E-state index in [1.54, 1.807) is 29.2 Å².